The lowest BCUT2D eigenvalue weighted by molar-refractivity contribution is 0.151. The number of phenolic OH excluding ortho intramolecular Hbond substituents is 1. The Labute approximate surface area is 106 Å². The lowest BCUT2D eigenvalue weighted by Gasteiger charge is -2.37. The van der Waals surface area contributed by atoms with Gasteiger partial charge < -0.3 is 10.8 Å². The summed E-state index contributed by atoms with van der Waals surface area (Å²) in [4.78, 5) is 0. The van der Waals surface area contributed by atoms with E-state index < -0.39 is 6.43 Å². The lowest BCUT2D eigenvalue weighted by atomic mass is 9.69. The Morgan fingerprint density at radius 2 is 1.89 bits per heavy atom. The van der Waals surface area contributed by atoms with Crippen molar-refractivity contribution in [3.05, 3.63) is 29.3 Å². The normalized spacial score (nSPS) is 19.1. The van der Waals surface area contributed by atoms with Crippen LogP contribution in [0.3, 0.4) is 0 Å². The monoisotopic (exact) mass is 255 g/mol. The predicted molar refractivity (Wildman–Crippen MR) is 66.9 cm³/mol. The maximum Gasteiger partial charge on any atom is 0.263 e. The molecule has 1 aliphatic carbocycles. The summed E-state index contributed by atoms with van der Waals surface area (Å²) in [5.74, 6) is -0.0415. The van der Waals surface area contributed by atoms with Crippen LogP contribution in [0.25, 0.3) is 0 Å². The Morgan fingerprint density at radius 1 is 1.22 bits per heavy atom. The van der Waals surface area contributed by atoms with E-state index in [-0.39, 0.29) is 16.7 Å². The zero-order valence-corrected chi connectivity index (χ0v) is 10.3. The van der Waals surface area contributed by atoms with Crippen molar-refractivity contribution < 1.29 is 13.9 Å². The van der Waals surface area contributed by atoms with Gasteiger partial charge in [-0.25, -0.2) is 8.78 Å². The van der Waals surface area contributed by atoms with E-state index in [1.54, 1.807) is 6.07 Å². The van der Waals surface area contributed by atoms with Gasteiger partial charge in [-0.1, -0.05) is 31.4 Å². The molecule has 1 saturated carbocycles. The molecule has 18 heavy (non-hydrogen) atoms. The Balaban J connectivity index is 2.36. The van der Waals surface area contributed by atoms with Crippen LogP contribution in [-0.2, 0) is 5.41 Å². The molecule has 0 heterocycles. The fourth-order valence-electron chi connectivity index (χ4n) is 2.94. The van der Waals surface area contributed by atoms with Crippen LogP contribution in [0.1, 0.15) is 49.7 Å². The highest BCUT2D eigenvalue weighted by atomic mass is 19.3. The first-order valence-corrected chi connectivity index (χ1v) is 6.41. The first-order chi connectivity index (χ1) is 8.59. The molecule has 0 unspecified atom stereocenters. The largest absolute Gasteiger partial charge is 0.508 e. The second kappa shape index (κ2) is 5.22. The number of phenols is 1. The SMILES string of the molecule is NCC1(c2ccc(C(F)F)cc2O)CCCCC1. The molecule has 0 aromatic heterocycles. The molecule has 0 bridgehead atoms. The number of nitrogens with two attached hydrogens (primary N) is 1. The van der Waals surface area contributed by atoms with E-state index >= 15 is 0 Å². The Bertz CT molecular complexity index is 414. The minimum atomic E-state index is -2.55. The Morgan fingerprint density at radius 3 is 2.39 bits per heavy atom. The maximum absolute atomic E-state index is 12.6. The van der Waals surface area contributed by atoms with Gasteiger partial charge in [-0.15, -0.1) is 0 Å². The highest BCUT2D eigenvalue weighted by Crippen LogP contribution is 2.43. The Hall–Kier alpha value is -1.16. The van der Waals surface area contributed by atoms with Gasteiger partial charge in [0.2, 0.25) is 0 Å². The van der Waals surface area contributed by atoms with Gasteiger partial charge in [-0.05, 0) is 18.9 Å². The number of halogens is 2. The molecule has 1 aromatic carbocycles. The van der Waals surface area contributed by atoms with Crippen LogP contribution in [0.2, 0.25) is 0 Å². The minimum absolute atomic E-state index is 0.0415. The van der Waals surface area contributed by atoms with Gasteiger partial charge in [-0.3, -0.25) is 0 Å². The number of hydrogen-bond donors (Lipinski definition) is 2. The van der Waals surface area contributed by atoms with Crippen LogP contribution in [0.15, 0.2) is 18.2 Å². The molecule has 0 radical (unpaired) electrons. The second-order valence-corrected chi connectivity index (χ2v) is 5.12. The van der Waals surface area contributed by atoms with Gasteiger partial charge in [0.1, 0.15) is 5.75 Å². The van der Waals surface area contributed by atoms with Crippen molar-refractivity contribution in [1.82, 2.24) is 0 Å². The quantitative estimate of drug-likeness (QED) is 0.868. The molecule has 0 spiro atoms. The molecule has 1 aliphatic rings. The zero-order chi connectivity index (χ0) is 13.2. The highest BCUT2D eigenvalue weighted by molar-refractivity contribution is 5.42. The van der Waals surface area contributed by atoms with E-state index in [2.05, 4.69) is 0 Å². The number of hydrogen-bond acceptors (Lipinski definition) is 2. The van der Waals surface area contributed by atoms with E-state index in [0.717, 1.165) is 31.2 Å². The Kier molecular flexibility index (Phi) is 3.85. The van der Waals surface area contributed by atoms with Gasteiger partial charge in [0.15, 0.2) is 0 Å². The molecule has 100 valence electrons. The molecule has 1 fully saturated rings. The van der Waals surface area contributed by atoms with E-state index in [1.165, 1.54) is 18.6 Å². The summed E-state index contributed by atoms with van der Waals surface area (Å²) in [6.07, 6.45) is 2.62. The van der Waals surface area contributed by atoms with Crippen molar-refractivity contribution >= 4 is 0 Å². The number of aromatic hydroxyl groups is 1. The zero-order valence-electron chi connectivity index (χ0n) is 10.3. The summed E-state index contributed by atoms with van der Waals surface area (Å²) >= 11 is 0. The maximum atomic E-state index is 12.6. The third-order valence-corrected chi connectivity index (χ3v) is 4.05. The fourth-order valence-corrected chi connectivity index (χ4v) is 2.94. The average molecular weight is 255 g/mol. The molecule has 0 aliphatic heterocycles. The van der Waals surface area contributed by atoms with Crippen LogP contribution < -0.4 is 5.73 Å². The van der Waals surface area contributed by atoms with Gasteiger partial charge >= 0.3 is 0 Å². The minimum Gasteiger partial charge on any atom is -0.508 e. The van der Waals surface area contributed by atoms with Crippen molar-refractivity contribution in [1.29, 1.82) is 0 Å². The van der Waals surface area contributed by atoms with Crippen LogP contribution in [0.4, 0.5) is 8.78 Å². The topological polar surface area (TPSA) is 46.2 Å². The predicted octanol–water partition coefficient (Wildman–Crippen LogP) is 3.49. The third-order valence-electron chi connectivity index (χ3n) is 4.05. The fraction of sp³-hybridized carbons (Fsp3) is 0.571. The molecule has 0 atom stereocenters. The molecule has 0 amide bonds. The van der Waals surface area contributed by atoms with E-state index in [9.17, 15) is 13.9 Å². The smallest absolute Gasteiger partial charge is 0.263 e. The third kappa shape index (κ3) is 2.34. The summed E-state index contributed by atoms with van der Waals surface area (Å²) in [5.41, 5.74) is 6.24. The van der Waals surface area contributed by atoms with Crippen LogP contribution in [-0.4, -0.2) is 11.7 Å². The second-order valence-electron chi connectivity index (χ2n) is 5.12. The first kappa shape index (κ1) is 13.3. The molecule has 3 N–H and O–H groups in total. The van der Waals surface area contributed by atoms with Crippen LogP contribution >= 0.6 is 0 Å². The van der Waals surface area contributed by atoms with Gasteiger partial charge in [0, 0.05) is 23.1 Å². The summed E-state index contributed by atoms with van der Waals surface area (Å²) in [7, 11) is 0. The van der Waals surface area contributed by atoms with E-state index in [1.807, 2.05) is 0 Å². The molecular weight excluding hydrogens is 236 g/mol. The first-order valence-electron chi connectivity index (χ1n) is 6.41. The van der Waals surface area contributed by atoms with Crippen molar-refractivity contribution in [3.63, 3.8) is 0 Å². The molecule has 2 nitrogen and oxygen atoms in total. The molecule has 1 aromatic rings. The standard InChI is InChI=1S/C14H19F2NO/c15-13(16)10-4-5-11(12(18)8-10)14(9-17)6-2-1-3-7-14/h4-5,8,13,18H,1-3,6-7,9,17H2. The van der Waals surface area contributed by atoms with Crippen molar-refractivity contribution in [3.8, 4) is 5.75 Å². The van der Waals surface area contributed by atoms with Crippen molar-refractivity contribution in [2.75, 3.05) is 6.54 Å². The average Bonchev–Trinajstić information content (AvgIpc) is 2.39. The van der Waals surface area contributed by atoms with Gasteiger partial charge in [-0.2, -0.15) is 0 Å². The lowest BCUT2D eigenvalue weighted by Crippen LogP contribution is -2.37. The molecule has 0 saturated heterocycles. The summed E-state index contributed by atoms with van der Waals surface area (Å²) in [6.45, 7) is 0.453. The van der Waals surface area contributed by atoms with Crippen LogP contribution in [0.5, 0.6) is 5.75 Å². The van der Waals surface area contributed by atoms with Crippen LogP contribution in [0, 0.1) is 0 Å². The number of benzene rings is 1. The number of alkyl halides is 2. The highest BCUT2D eigenvalue weighted by Gasteiger charge is 2.34. The van der Waals surface area contributed by atoms with Crippen molar-refractivity contribution in [2.24, 2.45) is 5.73 Å². The van der Waals surface area contributed by atoms with Gasteiger partial charge in [0.05, 0.1) is 0 Å². The summed E-state index contributed by atoms with van der Waals surface area (Å²) in [5, 5.41) is 10.00. The number of rotatable bonds is 3. The molecular formula is C14H19F2NO. The molecule has 4 heteroatoms. The summed E-state index contributed by atoms with van der Waals surface area (Å²) < 4.78 is 25.1. The van der Waals surface area contributed by atoms with Gasteiger partial charge in [0.25, 0.3) is 6.43 Å². The summed E-state index contributed by atoms with van der Waals surface area (Å²) in [6, 6.07) is 4.19. The molecule has 2 rings (SSSR count). The van der Waals surface area contributed by atoms with Crippen molar-refractivity contribution in [2.45, 2.75) is 43.9 Å². The van der Waals surface area contributed by atoms with E-state index in [4.69, 9.17) is 5.73 Å². The van der Waals surface area contributed by atoms with E-state index in [0.29, 0.717) is 6.54 Å².